The van der Waals surface area contributed by atoms with Crippen molar-refractivity contribution in [3.63, 3.8) is 0 Å². The topological polar surface area (TPSA) is 29.5 Å². The van der Waals surface area contributed by atoms with Crippen LogP contribution in [0.1, 0.15) is 16.5 Å². The number of halogens is 3. The highest BCUT2D eigenvalue weighted by Crippen LogP contribution is 2.34. The van der Waals surface area contributed by atoms with Crippen molar-refractivity contribution in [3.8, 4) is 5.75 Å². The Bertz CT molecular complexity index is 586. The number of benzene rings is 1. The minimum absolute atomic E-state index is 0.141. The highest BCUT2D eigenvalue weighted by atomic mass is 79.9. The van der Waals surface area contributed by atoms with Gasteiger partial charge < -0.3 is 9.84 Å². The second-order valence-electron chi connectivity index (χ2n) is 3.89. The monoisotopic (exact) mass is 348 g/mol. The molecule has 0 aliphatic heterocycles. The summed E-state index contributed by atoms with van der Waals surface area (Å²) in [5.41, 5.74) is -0.141. The lowest BCUT2D eigenvalue weighted by molar-refractivity contribution is 0.175. The molecule has 0 saturated heterocycles. The van der Waals surface area contributed by atoms with Crippen LogP contribution in [0.2, 0.25) is 0 Å². The van der Waals surface area contributed by atoms with Crippen LogP contribution in [0, 0.1) is 11.6 Å². The standard InChI is InChI=1S/C13H11BrF2O2S/c1-18-11-4-5-19-13(11)10(17)6-7-9(15)3-2-8(14)12(7)16/h2-5,10,17H,6H2,1H3. The zero-order valence-corrected chi connectivity index (χ0v) is 12.4. The Morgan fingerprint density at radius 1 is 1.37 bits per heavy atom. The molecule has 6 heteroatoms. The third kappa shape index (κ3) is 2.96. The van der Waals surface area contributed by atoms with Crippen molar-refractivity contribution in [2.75, 3.05) is 7.11 Å². The van der Waals surface area contributed by atoms with Crippen LogP contribution in [0.25, 0.3) is 0 Å². The maximum Gasteiger partial charge on any atom is 0.143 e. The van der Waals surface area contributed by atoms with E-state index < -0.39 is 17.7 Å². The van der Waals surface area contributed by atoms with Gasteiger partial charge in [-0.2, -0.15) is 0 Å². The van der Waals surface area contributed by atoms with E-state index in [-0.39, 0.29) is 16.5 Å². The summed E-state index contributed by atoms with van der Waals surface area (Å²) in [6, 6.07) is 4.17. The predicted octanol–water partition coefficient (Wildman–Crippen LogP) is 4.07. The molecule has 0 bridgehead atoms. The van der Waals surface area contributed by atoms with Crippen molar-refractivity contribution in [1.82, 2.24) is 0 Å². The van der Waals surface area contributed by atoms with Crippen LogP contribution in [0.5, 0.6) is 5.75 Å². The Morgan fingerprint density at radius 2 is 2.11 bits per heavy atom. The van der Waals surface area contributed by atoms with Crippen LogP contribution in [0.3, 0.4) is 0 Å². The van der Waals surface area contributed by atoms with E-state index >= 15 is 0 Å². The smallest absolute Gasteiger partial charge is 0.143 e. The Labute approximate surface area is 121 Å². The van der Waals surface area contributed by atoms with E-state index in [4.69, 9.17) is 4.74 Å². The lowest BCUT2D eigenvalue weighted by Crippen LogP contribution is -2.06. The number of methoxy groups -OCH3 is 1. The number of hydrogen-bond donors (Lipinski definition) is 1. The maximum absolute atomic E-state index is 13.8. The van der Waals surface area contributed by atoms with E-state index in [1.807, 2.05) is 0 Å². The molecule has 0 fully saturated rings. The van der Waals surface area contributed by atoms with Crippen molar-refractivity contribution < 1.29 is 18.6 Å². The molecule has 1 atom stereocenters. The van der Waals surface area contributed by atoms with Gasteiger partial charge in [-0.1, -0.05) is 0 Å². The molecule has 19 heavy (non-hydrogen) atoms. The van der Waals surface area contributed by atoms with Gasteiger partial charge in [0.1, 0.15) is 17.4 Å². The molecule has 1 unspecified atom stereocenters. The molecule has 1 aromatic carbocycles. The minimum atomic E-state index is -1.01. The fourth-order valence-electron chi connectivity index (χ4n) is 1.76. The van der Waals surface area contributed by atoms with Gasteiger partial charge >= 0.3 is 0 Å². The van der Waals surface area contributed by atoms with Crippen LogP contribution in [0.4, 0.5) is 8.78 Å². The zero-order chi connectivity index (χ0) is 14.0. The van der Waals surface area contributed by atoms with Gasteiger partial charge in [0.05, 0.1) is 22.6 Å². The molecule has 2 nitrogen and oxygen atoms in total. The van der Waals surface area contributed by atoms with Crippen molar-refractivity contribution in [1.29, 1.82) is 0 Å². The maximum atomic E-state index is 13.8. The summed E-state index contributed by atoms with van der Waals surface area (Å²) < 4.78 is 32.7. The molecule has 1 N–H and O–H groups in total. The highest BCUT2D eigenvalue weighted by Gasteiger charge is 2.20. The zero-order valence-electron chi connectivity index (χ0n) is 9.99. The molecule has 0 saturated carbocycles. The van der Waals surface area contributed by atoms with E-state index in [2.05, 4.69) is 15.9 Å². The van der Waals surface area contributed by atoms with Crippen molar-refractivity contribution in [3.05, 3.63) is 50.1 Å². The van der Waals surface area contributed by atoms with Gasteiger partial charge in [-0.25, -0.2) is 8.78 Å². The first-order chi connectivity index (χ1) is 9.04. The normalized spacial score (nSPS) is 12.5. The van der Waals surface area contributed by atoms with Gasteiger partial charge in [-0.15, -0.1) is 11.3 Å². The quantitative estimate of drug-likeness (QED) is 0.843. The molecule has 1 aromatic heterocycles. The molecule has 0 spiro atoms. The van der Waals surface area contributed by atoms with Crippen LogP contribution < -0.4 is 4.74 Å². The summed E-state index contributed by atoms with van der Waals surface area (Å²) in [6.07, 6.45) is -1.15. The molecule has 2 rings (SSSR count). The van der Waals surface area contributed by atoms with Crippen LogP contribution in [-0.2, 0) is 6.42 Å². The number of hydrogen-bond acceptors (Lipinski definition) is 3. The highest BCUT2D eigenvalue weighted by molar-refractivity contribution is 9.10. The Kier molecular flexibility index (Phi) is 4.54. The van der Waals surface area contributed by atoms with Gasteiger partial charge in [0.25, 0.3) is 0 Å². The fraction of sp³-hybridized carbons (Fsp3) is 0.231. The largest absolute Gasteiger partial charge is 0.495 e. The number of rotatable bonds is 4. The average Bonchev–Trinajstić information content (AvgIpc) is 2.87. The van der Waals surface area contributed by atoms with Crippen molar-refractivity contribution >= 4 is 27.3 Å². The summed E-state index contributed by atoms with van der Waals surface area (Å²) in [7, 11) is 1.48. The molecule has 0 aliphatic rings. The van der Waals surface area contributed by atoms with Gasteiger partial charge in [-0.05, 0) is 39.5 Å². The SMILES string of the molecule is COc1ccsc1C(O)Cc1c(F)ccc(Br)c1F. The number of aliphatic hydroxyl groups excluding tert-OH is 1. The summed E-state index contributed by atoms with van der Waals surface area (Å²) in [5.74, 6) is -0.835. The van der Waals surface area contributed by atoms with Crippen molar-refractivity contribution in [2.45, 2.75) is 12.5 Å². The van der Waals surface area contributed by atoms with E-state index in [0.717, 1.165) is 0 Å². The Hall–Kier alpha value is -0.980. The van der Waals surface area contributed by atoms with E-state index in [1.54, 1.807) is 11.4 Å². The molecular weight excluding hydrogens is 338 g/mol. The predicted molar refractivity (Wildman–Crippen MR) is 73.6 cm³/mol. The third-order valence-electron chi connectivity index (χ3n) is 2.72. The summed E-state index contributed by atoms with van der Waals surface area (Å²) in [5, 5.41) is 11.9. The summed E-state index contributed by atoms with van der Waals surface area (Å²) in [4.78, 5) is 0.557. The van der Waals surface area contributed by atoms with Gasteiger partial charge in [0.2, 0.25) is 0 Å². The van der Waals surface area contributed by atoms with E-state index in [0.29, 0.717) is 10.6 Å². The minimum Gasteiger partial charge on any atom is -0.495 e. The summed E-state index contributed by atoms with van der Waals surface area (Å²) >= 11 is 4.29. The Morgan fingerprint density at radius 3 is 2.79 bits per heavy atom. The second kappa shape index (κ2) is 5.98. The average molecular weight is 349 g/mol. The first-order valence-corrected chi connectivity index (χ1v) is 7.13. The van der Waals surface area contributed by atoms with Gasteiger partial charge in [0.15, 0.2) is 0 Å². The molecule has 0 aliphatic carbocycles. The number of aliphatic hydroxyl groups is 1. The number of ether oxygens (including phenoxy) is 1. The first-order valence-electron chi connectivity index (χ1n) is 5.46. The molecule has 102 valence electrons. The fourth-order valence-corrected chi connectivity index (χ4v) is 2.98. The number of thiophene rings is 1. The van der Waals surface area contributed by atoms with Crippen LogP contribution >= 0.6 is 27.3 Å². The molecular formula is C13H11BrF2O2S. The van der Waals surface area contributed by atoms with E-state index in [9.17, 15) is 13.9 Å². The Balaban J connectivity index is 2.29. The van der Waals surface area contributed by atoms with E-state index in [1.165, 1.54) is 30.6 Å². The molecule has 2 aromatic rings. The lowest BCUT2D eigenvalue weighted by Gasteiger charge is -2.13. The van der Waals surface area contributed by atoms with Crippen molar-refractivity contribution in [2.24, 2.45) is 0 Å². The first kappa shape index (κ1) is 14.4. The van der Waals surface area contributed by atoms with Crippen LogP contribution in [0.15, 0.2) is 28.1 Å². The second-order valence-corrected chi connectivity index (χ2v) is 5.70. The van der Waals surface area contributed by atoms with Gasteiger partial charge in [-0.3, -0.25) is 0 Å². The van der Waals surface area contributed by atoms with Crippen LogP contribution in [-0.4, -0.2) is 12.2 Å². The third-order valence-corrected chi connectivity index (χ3v) is 4.33. The molecule has 0 radical (unpaired) electrons. The molecule has 1 heterocycles. The van der Waals surface area contributed by atoms with Gasteiger partial charge in [0, 0.05) is 12.0 Å². The summed E-state index contributed by atoms with van der Waals surface area (Å²) in [6.45, 7) is 0. The molecule has 0 amide bonds. The lowest BCUT2D eigenvalue weighted by atomic mass is 10.1.